The molecule has 0 aliphatic heterocycles. The van der Waals surface area contributed by atoms with Gasteiger partial charge in [0.2, 0.25) is 0 Å². The minimum atomic E-state index is -0.717. The second kappa shape index (κ2) is 7.64. The molecule has 0 bridgehead atoms. The van der Waals surface area contributed by atoms with E-state index >= 15 is 0 Å². The highest BCUT2D eigenvalue weighted by atomic mass is 19.1. The molecule has 0 atom stereocenters. The zero-order chi connectivity index (χ0) is 16.8. The average Bonchev–Trinajstić information content (AvgIpc) is 2.51. The molecule has 1 heterocycles. The van der Waals surface area contributed by atoms with E-state index in [4.69, 9.17) is 0 Å². The standard InChI is InChI=1S/C16H18F2N4O/c1-22(2)7-6-20-16(23)11-8-12(10-19-9-11)21-15-13(17)4-3-5-14(15)18/h3-5,8-10,21H,6-7H2,1-2H3,(H,20,23). The minimum absolute atomic E-state index is 0.278. The monoisotopic (exact) mass is 320 g/mol. The molecule has 0 saturated carbocycles. The van der Waals surface area contributed by atoms with Gasteiger partial charge in [0.1, 0.15) is 17.3 Å². The molecule has 1 amide bonds. The van der Waals surface area contributed by atoms with Crippen LogP contribution in [-0.2, 0) is 0 Å². The second-order valence-corrected chi connectivity index (χ2v) is 5.24. The molecule has 0 spiro atoms. The highest BCUT2D eigenvalue weighted by Gasteiger charge is 2.11. The van der Waals surface area contributed by atoms with E-state index in [1.54, 1.807) is 0 Å². The van der Waals surface area contributed by atoms with Gasteiger partial charge in [-0.1, -0.05) is 6.07 Å². The number of hydrogen-bond donors (Lipinski definition) is 2. The largest absolute Gasteiger partial charge is 0.351 e. The summed E-state index contributed by atoms with van der Waals surface area (Å²) in [6.45, 7) is 1.20. The van der Waals surface area contributed by atoms with Crippen molar-refractivity contribution in [2.24, 2.45) is 0 Å². The molecule has 122 valence electrons. The molecule has 5 nitrogen and oxygen atoms in total. The van der Waals surface area contributed by atoms with Gasteiger partial charge >= 0.3 is 0 Å². The summed E-state index contributed by atoms with van der Waals surface area (Å²) >= 11 is 0. The van der Waals surface area contributed by atoms with Crippen molar-refractivity contribution in [3.05, 3.63) is 53.9 Å². The van der Waals surface area contributed by atoms with Crippen molar-refractivity contribution in [1.29, 1.82) is 0 Å². The number of anilines is 2. The van der Waals surface area contributed by atoms with Gasteiger partial charge in [0, 0.05) is 19.3 Å². The van der Waals surface area contributed by atoms with Crippen molar-refractivity contribution in [1.82, 2.24) is 15.2 Å². The van der Waals surface area contributed by atoms with Crippen LogP contribution in [0.3, 0.4) is 0 Å². The maximum atomic E-state index is 13.6. The fraction of sp³-hybridized carbons (Fsp3) is 0.250. The topological polar surface area (TPSA) is 57.3 Å². The molecular weight excluding hydrogens is 302 g/mol. The number of nitrogens with zero attached hydrogens (tertiary/aromatic N) is 2. The van der Waals surface area contributed by atoms with Gasteiger partial charge in [0.15, 0.2) is 0 Å². The van der Waals surface area contributed by atoms with Gasteiger partial charge < -0.3 is 15.5 Å². The molecule has 23 heavy (non-hydrogen) atoms. The molecule has 0 aliphatic rings. The first-order valence-corrected chi connectivity index (χ1v) is 7.06. The normalized spacial score (nSPS) is 10.7. The Morgan fingerprint density at radius 2 is 1.91 bits per heavy atom. The van der Waals surface area contributed by atoms with Crippen LogP contribution in [0.1, 0.15) is 10.4 Å². The van der Waals surface area contributed by atoms with E-state index < -0.39 is 11.6 Å². The van der Waals surface area contributed by atoms with Crippen molar-refractivity contribution in [2.75, 3.05) is 32.5 Å². The fourth-order valence-electron chi connectivity index (χ4n) is 1.89. The first kappa shape index (κ1) is 16.8. The van der Waals surface area contributed by atoms with Gasteiger partial charge in [0.25, 0.3) is 5.91 Å². The highest BCUT2D eigenvalue weighted by Crippen LogP contribution is 2.23. The summed E-state index contributed by atoms with van der Waals surface area (Å²) in [5, 5.41) is 5.36. The Labute approximate surface area is 133 Å². The lowest BCUT2D eigenvalue weighted by Crippen LogP contribution is -2.31. The van der Waals surface area contributed by atoms with Gasteiger partial charge in [-0.05, 0) is 32.3 Å². The van der Waals surface area contributed by atoms with E-state index in [1.807, 2.05) is 19.0 Å². The van der Waals surface area contributed by atoms with Crippen LogP contribution < -0.4 is 10.6 Å². The van der Waals surface area contributed by atoms with E-state index in [0.717, 1.165) is 12.1 Å². The maximum absolute atomic E-state index is 13.6. The van der Waals surface area contributed by atoms with Crippen LogP contribution in [0.5, 0.6) is 0 Å². The number of carbonyl (C=O) groups excluding carboxylic acids is 1. The molecule has 2 rings (SSSR count). The number of halogens is 2. The van der Waals surface area contributed by atoms with E-state index in [0.29, 0.717) is 24.3 Å². The minimum Gasteiger partial charge on any atom is -0.351 e. The summed E-state index contributed by atoms with van der Waals surface area (Å²) in [5.41, 5.74) is 0.360. The van der Waals surface area contributed by atoms with E-state index in [2.05, 4.69) is 15.6 Å². The predicted molar refractivity (Wildman–Crippen MR) is 84.8 cm³/mol. The summed E-state index contributed by atoms with van der Waals surface area (Å²) in [7, 11) is 3.81. The zero-order valence-electron chi connectivity index (χ0n) is 12.9. The quantitative estimate of drug-likeness (QED) is 0.858. The van der Waals surface area contributed by atoms with Crippen LogP contribution in [-0.4, -0.2) is 43.0 Å². The number of pyridine rings is 1. The SMILES string of the molecule is CN(C)CCNC(=O)c1cncc(Nc2c(F)cccc2F)c1. The summed E-state index contributed by atoms with van der Waals surface area (Å²) in [5.74, 6) is -1.73. The molecule has 1 aromatic heterocycles. The van der Waals surface area contributed by atoms with Crippen LogP contribution in [0.15, 0.2) is 36.7 Å². The molecule has 0 saturated heterocycles. The number of benzene rings is 1. The smallest absolute Gasteiger partial charge is 0.252 e. The van der Waals surface area contributed by atoms with E-state index in [9.17, 15) is 13.6 Å². The number of amides is 1. The molecule has 0 aliphatic carbocycles. The lowest BCUT2D eigenvalue weighted by molar-refractivity contribution is 0.0950. The lowest BCUT2D eigenvalue weighted by Gasteiger charge is -2.11. The Morgan fingerprint density at radius 1 is 1.22 bits per heavy atom. The highest BCUT2D eigenvalue weighted by molar-refractivity contribution is 5.94. The molecule has 0 unspecified atom stereocenters. The average molecular weight is 320 g/mol. The first-order chi connectivity index (χ1) is 11.0. The molecule has 0 radical (unpaired) electrons. The molecule has 7 heteroatoms. The van der Waals surface area contributed by atoms with Crippen molar-refractivity contribution in [3.8, 4) is 0 Å². The number of carbonyl (C=O) groups is 1. The number of para-hydroxylation sites is 1. The Bertz CT molecular complexity index is 671. The Kier molecular flexibility index (Phi) is 5.59. The third-order valence-corrected chi connectivity index (χ3v) is 3.08. The molecule has 1 aromatic carbocycles. The van der Waals surface area contributed by atoms with Gasteiger partial charge in [-0.25, -0.2) is 8.78 Å². The number of rotatable bonds is 6. The van der Waals surface area contributed by atoms with Gasteiger partial charge in [-0.15, -0.1) is 0 Å². The second-order valence-electron chi connectivity index (χ2n) is 5.24. The Balaban J connectivity index is 2.09. The maximum Gasteiger partial charge on any atom is 0.252 e. The number of aromatic nitrogens is 1. The van der Waals surface area contributed by atoms with Crippen LogP contribution in [0.4, 0.5) is 20.2 Å². The van der Waals surface area contributed by atoms with Crippen LogP contribution in [0.2, 0.25) is 0 Å². The van der Waals surface area contributed by atoms with Crippen molar-refractivity contribution in [2.45, 2.75) is 0 Å². The van der Waals surface area contributed by atoms with Crippen LogP contribution in [0.25, 0.3) is 0 Å². The number of likely N-dealkylation sites (N-methyl/N-ethyl adjacent to an activating group) is 1. The van der Waals surface area contributed by atoms with Crippen molar-refractivity contribution < 1.29 is 13.6 Å². The summed E-state index contributed by atoms with van der Waals surface area (Å²) in [6.07, 6.45) is 2.79. The summed E-state index contributed by atoms with van der Waals surface area (Å²) < 4.78 is 27.3. The first-order valence-electron chi connectivity index (χ1n) is 7.06. The van der Waals surface area contributed by atoms with E-state index in [-0.39, 0.29) is 11.6 Å². The van der Waals surface area contributed by atoms with Crippen molar-refractivity contribution in [3.63, 3.8) is 0 Å². The van der Waals surface area contributed by atoms with E-state index in [1.165, 1.54) is 24.5 Å². The molecule has 2 N–H and O–H groups in total. The van der Waals surface area contributed by atoms with Crippen LogP contribution >= 0.6 is 0 Å². The lowest BCUT2D eigenvalue weighted by atomic mass is 10.2. The Hall–Kier alpha value is -2.54. The Morgan fingerprint density at radius 3 is 2.57 bits per heavy atom. The van der Waals surface area contributed by atoms with Gasteiger partial charge in [-0.2, -0.15) is 0 Å². The third-order valence-electron chi connectivity index (χ3n) is 3.08. The third kappa shape index (κ3) is 4.72. The van der Waals surface area contributed by atoms with Gasteiger partial charge in [0.05, 0.1) is 17.4 Å². The summed E-state index contributed by atoms with van der Waals surface area (Å²) in [6, 6.07) is 5.07. The fourth-order valence-corrected chi connectivity index (χ4v) is 1.89. The predicted octanol–water partition coefficient (Wildman–Crippen LogP) is 2.39. The summed E-state index contributed by atoms with van der Waals surface area (Å²) in [4.78, 5) is 17.9. The zero-order valence-corrected chi connectivity index (χ0v) is 12.9. The molecular formula is C16H18F2N4O. The molecule has 0 fully saturated rings. The number of nitrogens with one attached hydrogen (secondary N) is 2. The van der Waals surface area contributed by atoms with Gasteiger partial charge in [-0.3, -0.25) is 9.78 Å². The number of hydrogen-bond acceptors (Lipinski definition) is 4. The van der Waals surface area contributed by atoms with Crippen molar-refractivity contribution >= 4 is 17.3 Å². The molecule has 2 aromatic rings. The van der Waals surface area contributed by atoms with Crippen LogP contribution in [0, 0.1) is 11.6 Å².